The molecule has 1 aliphatic rings. The number of carbonyl (C=O) groups is 1. The van der Waals surface area contributed by atoms with Gasteiger partial charge in [0.25, 0.3) is 0 Å². The fourth-order valence-electron chi connectivity index (χ4n) is 1.83. The highest BCUT2D eigenvalue weighted by atomic mass is 31.2. The Morgan fingerprint density at radius 1 is 1.48 bits per heavy atom. The van der Waals surface area contributed by atoms with Crippen molar-refractivity contribution in [2.75, 3.05) is 13.0 Å². The molecule has 1 saturated heterocycles. The van der Waals surface area contributed by atoms with Gasteiger partial charge in [0.15, 0.2) is 6.35 Å². The third kappa shape index (κ3) is 4.68. The zero-order chi connectivity index (χ0) is 15.3. The van der Waals surface area contributed by atoms with Crippen LogP contribution in [0.1, 0.15) is 5.56 Å². The fraction of sp³-hybridized carbons (Fsp3) is 0.462. The van der Waals surface area contributed by atoms with E-state index in [1.54, 1.807) is 24.3 Å². The highest BCUT2D eigenvalue weighted by Gasteiger charge is 2.33. The topological polar surface area (TPSA) is 87.9 Å². The summed E-state index contributed by atoms with van der Waals surface area (Å²) in [6, 6.07) is 6.31. The molecule has 1 aromatic rings. The maximum atomic E-state index is 12.3. The summed E-state index contributed by atoms with van der Waals surface area (Å²) in [7, 11) is 2.15. The van der Waals surface area contributed by atoms with E-state index in [0.717, 1.165) is 5.56 Å². The van der Waals surface area contributed by atoms with Gasteiger partial charge in [-0.05, 0) is 24.1 Å². The molecule has 2 rings (SSSR count). The molecular formula is C13H17BNO5P. The van der Waals surface area contributed by atoms with Gasteiger partial charge >= 0.3 is 7.60 Å². The quantitative estimate of drug-likeness (QED) is 0.484. The first-order chi connectivity index (χ1) is 10.0. The summed E-state index contributed by atoms with van der Waals surface area (Å²) >= 11 is 0. The minimum atomic E-state index is -3.29. The van der Waals surface area contributed by atoms with E-state index in [1.807, 2.05) is 0 Å². The van der Waals surface area contributed by atoms with Crippen molar-refractivity contribution in [3.05, 3.63) is 29.8 Å². The average Bonchev–Trinajstić information content (AvgIpc) is 2.50. The standard InChI is InChI=1S/C13H17BNO5P/c14-6-13-8-19-21(17,9-18-13)20-12-3-1-10(2-4-12)5-11(15)7-16/h1-4,7,11,13H,5-6,8-9,15H2/t11-,13-,21?/m0/s1. The van der Waals surface area contributed by atoms with Crippen molar-refractivity contribution in [3.8, 4) is 5.75 Å². The Bertz CT molecular complexity index is 512. The number of carbonyl (C=O) groups excluding carboxylic acids is 1. The summed E-state index contributed by atoms with van der Waals surface area (Å²) in [5, 5.41) is 0. The molecule has 8 heteroatoms. The molecule has 21 heavy (non-hydrogen) atoms. The summed E-state index contributed by atoms with van der Waals surface area (Å²) < 4.78 is 28.2. The van der Waals surface area contributed by atoms with Gasteiger partial charge in [-0.3, -0.25) is 4.52 Å². The summed E-state index contributed by atoms with van der Waals surface area (Å²) in [4.78, 5) is 10.5. The molecule has 3 atom stereocenters. The van der Waals surface area contributed by atoms with E-state index in [1.165, 1.54) is 0 Å². The SMILES string of the molecule is [B]C[C@H]1COP(=O)(Oc2ccc(C[C@H](N)C=O)cc2)CO1. The fourth-order valence-corrected chi connectivity index (χ4v) is 3.24. The maximum absolute atomic E-state index is 12.3. The number of hydrogen-bond acceptors (Lipinski definition) is 6. The smallest absolute Gasteiger partial charge is 0.404 e. The monoisotopic (exact) mass is 309 g/mol. The van der Waals surface area contributed by atoms with Gasteiger partial charge in [0.05, 0.1) is 26.6 Å². The average molecular weight is 309 g/mol. The highest BCUT2D eigenvalue weighted by molar-refractivity contribution is 7.54. The third-order valence-electron chi connectivity index (χ3n) is 3.00. The molecule has 1 unspecified atom stereocenters. The van der Waals surface area contributed by atoms with Crippen molar-refractivity contribution in [2.24, 2.45) is 5.73 Å². The van der Waals surface area contributed by atoms with E-state index in [-0.39, 0.29) is 19.1 Å². The molecule has 6 nitrogen and oxygen atoms in total. The zero-order valence-corrected chi connectivity index (χ0v) is 12.4. The van der Waals surface area contributed by atoms with Gasteiger partial charge in [-0.15, -0.1) is 0 Å². The van der Waals surface area contributed by atoms with Crippen LogP contribution in [-0.4, -0.2) is 39.2 Å². The van der Waals surface area contributed by atoms with Gasteiger partial charge < -0.3 is 19.8 Å². The number of benzene rings is 1. The molecule has 2 radical (unpaired) electrons. The largest absolute Gasteiger partial charge is 0.423 e. The summed E-state index contributed by atoms with van der Waals surface area (Å²) in [5.41, 5.74) is 6.44. The van der Waals surface area contributed by atoms with Gasteiger partial charge in [0.1, 0.15) is 12.0 Å². The molecule has 0 bridgehead atoms. The van der Waals surface area contributed by atoms with Crippen LogP contribution in [0, 0.1) is 0 Å². The molecule has 0 amide bonds. The number of ether oxygens (including phenoxy) is 1. The van der Waals surface area contributed by atoms with Crippen molar-refractivity contribution in [1.29, 1.82) is 0 Å². The Balaban J connectivity index is 1.94. The van der Waals surface area contributed by atoms with Crippen LogP contribution in [0.25, 0.3) is 0 Å². The Morgan fingerprint density at radius 2 is 2.19 bits per heavy atom. The third-order valence-corrected chi connectivity index (χ3v) is 4.50. The first kappa shape index (κ1) is 16.2. The van der Waals surface area contributed by atoms with Crippen molar-refractivity contribution in [2.45, 2.75) is 24.9 Å². The minimum absolute atomic E-state index is 0.118. The predicted octanol–water partition coefficient (Wildman–Crippen LogP) is 1.29. The van der Waals surface area contributed by atoms with E-state index in [4.69, 9.17) is 27.4 Å². The van der Waals surface area contributed by atoms with Crippen LogP contribution in [0.5, 0.6) is 5.75 Å². The van der Waals surface area contributed by atoms with Crippen LogP contribution in [0.15, 0.2) is 24.3 Å². The van der Waals surface area contributed by atoms with E-state index in [2.05, 4.69) is 0 Å². The number of rotatable bonds is 6. The lowest BCUT2D eigenvalue weighted by Gasteiger charge is -2.28. The second-order valence-corrected chi connectivity index (χ2v) is 6.72. The second kappa shape index (κ2) is 7.23. The Hall–Kier alpha value is -1.14. The van der Waals surface area contributed by atoms with Crippen molar-refractivity contribution in [1.82, 2.24) is 0 Å². The van der Waals surface area contributed by atoms with E-state index in [9.17, 15) is 9.36 Å². The lowest BCUT2D eigenvalue weighted by molar-refractivity contribution is -0.108. The van der Waals surface area contributed by atoms with Crippen LogP contribution in [-0.2, 0) is 25.0 Å². The van der Waals surface area contributed by atoms with Gasteiger partial charge in [0.2, 0.25) is 0 Å². The molecule has 2 N–H and O–H groups in total. The first-order valence-electron chi connectivity index (χ1n) is 6.59. The van der Waals surface area contributed by atoms with Gasteiger partial charge in [-0.25, -0.2) is 4.57 Å². The second-order valence-electron chi connectivity index (χ2n) is 4.80. The molecule has 1 aliphatic heterocycles. The maximum Gasteiger partial charge on any atom is 0.404 e. The molecule has 0 aromatic heterocycles. The lowest BCUT2D eigenvalue weighted by atomic mass is 10.0. The molecule has 0 spiro atoms. The van der Waals surface area contributed by atoms with E-state index in [0.29, 0.717) is 24.8 Å². The molecule has 1 fully saturated rings. The number of aldehydes is 1. The molecule has 1 heterocycles. The minimum Gasteiger partial charge on any atom is -0.423 e. The highest BCUT2D eigenvalue weighted by Crippen LogP contribution is 2.50. The summed E-state index contributed by atoms with van der Waals surface area (Å²) in [6.45, 7) is 0.153. The van der Waals surface area contributed by atoms with E-state index < -0.39 is 13.6 Å². The Morgan fingerprint density at radius 3 is 2.71 bits per heavy atom. The normalized spacial score (nSPS) is 27.0. The summed E-state index contributed by atoms with van der Waals surface area (Å²) in [6.07, 6.45) is 1.09. The van der Waals surface area contributed by atoms with Crippen LogP contribution in [0.4, 0.5) is 0 Å². The predicted molar refractivity (Wildman–Crippen MR) is 78.7 cm³/mol. The van der Waals surface area contributed by atoms with Crippen molar-refractivity contribution < 1.29 is 23.1 Å². The van der Waals surface area contributed by atoms with Crippen LogP contribution in [0.2, 0.25) is 6.32 Å². The van der Waals surface area contributed by atoms with Gasteiger partial charge in [0, 0.05) is 0 Å². The van der Waals surface area contributed by atoms with Crippen molar-refractivity contribution in [3.63, 3.8) is 0 Å². The first-order valence-corrected chi connectivity index (χ1v) is 8.32. The molecular weight excluding hydrogens is 292 g/mol. The van der Waals surface area contributed by atoms with Crippen molar-refractivity contribution >= 4 is 21.7 Å². The molecule has 0 saturated carbocycles. The van der Waals surface area contributed by atoms with Crippen LogP contribution < -0.4 is 10.3 Å². The van der Waals surface area contributed by atoms with Crippen LogP contribution in [0.3, 0.4) is 0 Å². The van der Waals surface area contributed by atoms with Gasteiger partial charge in [-0.1, -0.05) is 18.5 Å². The molecule has 1 aromatic carbocycles. The zero-order valence-electron chi connectivity index (χ0n) is 11.5. The Kier molecular flexibility index (Phi) is 5.59. The molecule has 0 aliphatic carbocycles. The molecule has 112 valence electrons. The number of hydrogen-bond donors (Lipinski definition) is 1. The van der Waals surface area contributed by atoms with Crippen LogP contribution >= 0.6 is 7.60 Å². The Labute approximate surface area is 124 Å². The van der Waals surface area contributed by atoms with E-state index >= 15 is 0 Å². The summed E-state index contributed by atoms with van der Waals surface area (Å²) in [5.74, 6) is 0.413. The van der Waals surface area contributed by atoms with Gasteiger partial charge in [-0.2, -0.15) is 0 Å². The lowest BCUT2D eigenvalue weighted by Crippen LogP contribution is -2.26. The number of nitrogens with two attached hydrogens (primary N) is 1.